The number of rotatable bonds is 23. The second-order valence-corrected chi connectivity index (χ2v) is 8.85. The molecule has 0 unspecified atom stereocenters. The van der Waals surface area contributed by atoms with Crippen molar-refractivity contribution in [3.05, 3.63) is 0 Å². The Kier molecular flexibility index (Phi) is 24.0. The van der Waals surface area contributed by atoms with Crippen LogP contribution in [0.15, 0.2) is 0 Å². The van der Waals surface area contributed by atoms with Crippen LogP contribution in [0.5, 0.6) is 0 Å². The van der Waals surface area contributed by atoms with Gasteiger partial charge in [0.15, 0.2) is 0 Å². The van der Waals surface area contributed by atoms with Gasteiger partial charge in [-0.3, -0.25) is 0 Å². The molecule has 164 valence electrons. The zero-order chi connectivity index (χ0) is 19.8. The highest BCUT2D eigenvalue weighted by Crippen LogP contribution is 2.12. The summed E-state index contributed by atoms with van der Waals surface area (Å²) < 4.78 is 0. The second kappa shape index (κ2) is 24.0. The predicted molar refractivity (Wildman–Crippen MR) is 126 cm³/mol. The van der Waals surface area contributed by atoms with E-state index in [2.05, 4.69) is 25.7 Å². The summed E-state index contributed by atoms with van der Waals surface area (Å²) in [6.45, 7) is 11.0. The average molecular weight is 382 g/mol. The van der Waals surface area contributed by atoms with Gasteiger partial charge < -0.3 is 4.90 Å². The summed E-state index contributed by atoms with van der Waals surface area (Å²) in [6.07, 6.45) is 28.7. The molecule has 0 aromatic carbocycles. The first-order valence-electron chi connectivity index (χ1n) is 13.1. The van der Waals surface area contributed by atoms with Gasteiger partial charge >= 0.3 is 0 Å². The van der Waals surface area contributed by atoms with Crippen molar-refractivity contribution >= 4 is 0 Å². The molecule has 0 aliphatic heterocycles. The van der Waals surface area contributed by atoms with E-state index < -0.39 is 0 Å². The minimum atomic E-state index is 1.36. The van der Waals surface area contributed by atoms with Gasteiger partial charge in [-0.1, -0.05) is 130 Å². The van der Waals surface area contributed by atoms with E-state index in [1.807, 2.05) is 0 Å². The zero-order valence-electron chi connectivity index (χ0n) is 19.7. The Morgan fingerprint density at radius 3 is 0.778 bits per heavy atom. The van der Waals surface area contributed by atoms with Crippen molar-refractivity contribution in [2.24, 2.45) is 0 Å². The summed E-state index contributed by atoms with van der Waals surface area (Å²) in [4.78, 5) is 2.79. The van der Waals surface area contributed by atoms with Gasteiger partial charge in [0.25, 0.3) is 0 Å². The van der Waals surface area contributed by atoms with Crippen molar-refractivity contribution in [2.75, 3.05) is 19.6 Å². The Bertz CT molecular complexity index is 237. The summed E-state index contributed by atoms with van der Waals surface area (Å²) >= 11 is 0. The summed E-state index contributed by atoms with van der Waals surface area (Å²) in [5, 5.41) is 0. The fourth-order valence-electron chi connectivity index (χ4n) is 4.04. The van der Waals surface area contributed by atoms with Gasteiger partial charge in [-0.15, -0.1) is 0 Å². The molecule has 0 aliphatic carbocycles. The minimum Gasteiger partial charge on any atom is -0.303 e. The van der Waals surface area contributed by atoms with E-state index in [9.17, 15) is 0 Å². The van der Waals surface area contributed by atoms with Gasteiger partial charge in [0.1, 0.15) is 0 Å². The highest BCUT2D eigenvalue weighted by atomic mass is 15.1. The molecule has 0 aromatic heterocycles. The molecule has 0 aromatic rings. The van der Waals surface area contributed by atoms with Crippen molar-refractivity contribution < 1.29 is 0 Å². The van der Waals surface area contributed by atoms with Crippen molar-refractivity contribution in [1.29, 1.82) is 0 Å². The fraction of sp³-hybridized carbons (Fsp3) is 1.00. The molecule has 0 atom stereocenters. The zero-order valence-corrected chi connectivity index (χ0v) is 19.7. The first-order valence-corrected chi connectivity index (χ1v) is 13.1. The first-order chi connectivity index (χ1) is 13.3. The monoisotopic (exact) mass is 381 g/mol. The number of unbranched alkanes of at least 4 members (excludes halogenated alkanes) is 17. The smallest absolute Gasteiger partial charge is 0.00187 e. The Morgan fingerprint density at radius 2 is 0.519 bits per heavy atom. The Morgan fingerprint density at radius 1 is 0.296 bits per heavy atom. The summed E-state index contributed by atoms with van der Waals surface area (Å²) in [5.74, 6) is 0. The molecule has 0 saturated heterocycles. The molecular formula is C26H55N. The molecule has 0 fully saturated rings. The van der Waals surface area contributed by atoms with E-state index in [1.54, 1.807) is 0 Å². The van der Waals surface area contributed by atoms with Crippen molar-refractivity contribution in [1.82, 2.24) is 4.90 Å². The molecule has 0 aliphatic rings. The van der Waals surface area contributed by atoms with E-state index in [-0.39, 0.29) is 0 Å². The van der Waals surface area contributed by atoms with Gasteiger partial charge in [-0.25, -0.2) is 0 Å². The number of hydrogen-bond acceptors (Lipinski definition) is 1. The van der Waals surface area contributed by atoms with Crippen molar-refractivity contribution in [2.45, 2.75) is 149 Å². The summed E-state index contributed by atoms with van der Waals surface area (Å²) in [6, 6.07) is 0. The highest BCUT2D eigenvalue weighted by molar-refractivity contribution is 4.60. The van der Waals surface area contributed by atoms with Crippen LogP contribution in [0.3, 0.4) is 0 Å². The fourth-order valence-corrected chi connectivity index (χ4v) is 4.04. The molecular weight excluding hydrogens is 326 g/mol. The van der Waals surface area contributed by atoms with Gasteiger partial charge in [0.2, 0.25) is 0 Å². The summed E-state index contributed by atoms with van der Waals surface area (Å²) in [5.41, 5.74) is 0. The average Bonchev–Trinajstić information content (AvgIpc) is 2.68. The standard InChI is InChI=1S/C26H55N/c1-4-7-10-13-14-15-16-17-20-23-26-27(24-21-18-11-8-5-2)25-22-19-12-9-6-3/h4-26H2,1-3H3. The lowest BCUT2D eigenvalue weighted by atomic mass is 10.1. The van der Waals surface area contributed by atoms with E-state index in [4.69, 9.17) is 0 Å². The third-order valence-electron chi connectivity index (χ3n) is 5.98. The van der Waals surface area contributed by atoms with Gasteiger partial charge in [-0.05, 0) is 38.9 Å². The molecule has 0 bridgehead atoms. The molecule has 27 heavy (non-hydrogen) atoms. The maximum absolute atomic E-state index is 2.79. The maximum atomic E-state index is 2.79. The first kappa shape index (κ1) is 27.0. The van der Waals surface area contributed by atoms with Crippen molar-refractivity contribution in [3.8, 4) is 0 Å². The van der Waals surface area contributed by atoms with Crippen LogP contribution in [0, 0.1) is 0 Å². The molecule has 0 N–H and O–H groups in total. The molecule has 0 radical (unpaired) electrons. The molecule has 1 nitrogen and oxygen atoms in total. The predicted octanol–water partition coefficient (Wildman–Crippen LogP) is 9.15. The molecule has 0 heterocycles. The number of hydrogen-bond donors (Lipinski definition) is 0. The molecule has 0 amide bonds. The van der Waals surface area contributed by atoms with Gasteiger partial charge in [0.05, 0.1) is 0 Å². The largest absolute Gasteiger partial charge is 0.303 e. The second-order valence-electron chi connectivity index (χ2n) is 8.85. The molecule has 1 heteroatoms. The van der Waals surface area contributed by atoms with Crippen LogP contribution in [-0.4, -0.2) is 24.5 Å². The Labute approximate surface area is 174 Å². The topological polar surface area (TPSA) is 3.24 Å². The Balaban J connectivity index is 3.68. The number of nitrogens with zero attached hydrogens (tertiary/aromatic N) is 1. The summed E-state index contributed by atoms with van der Waals surface area (Å²) in [7, 11) is 0. The van der Waals surface area contributed by atoms with E-state index >= 15 is 0 Å². The molecule has 0 rings (SSSR count). The van der Waals surface area contributed by atoms with Crippen LogP contribution >= 0.6 is 0 Å². The van der Waals surface area contributed by atoms with Gasteiger partial charge in [-0.2, -0.15) is 0 Å². The lowest BCUT2D eigenvalue weighted by Crippen LogP contribution is -2.27. The van der Waals surface area contributed by atoms with Crippen LogP contribution in [0.1, 0.15) is 149 Å². The lowest BCUT2D eigenvalue weighted by molar-refractivity contribution is 0.254. The van der Waals surface area contributed by atoms with Crippen LogP contribution in [-0.2, 0) is 0 Å². The van der Waals surface area contributed by atoms with Crippen LogP contribution < -0.4 is 0 Å². The van der Waals surface area contributed by atoms with Crippen LogP contribution in [0.4, 0.5) is 0 Å². The molecule has 0 spiro atoms. The molecule has 0 saturated carbocycles. The maximum Gasteiger partial charge on any atom is -0.00187 e. The quantitative estimate of drug-likeness (QED) is 0.159. The van der Waals surface area contributed by atoms with Gasteiger partial charge in [0, 0.05) is 0 Å². The Hall–Kier alpha value is -0.0400. The highest BCUT2D eigenvalue weighted by Gasteiger charge is 2.05. The minimum absolute atomic E-state index is 1.36. The third kappa shape index (κ3) is 22.1. The van der Waals surface area contributed by atoms with Crippen molar-refractivity contribution in [3.63, 3.8) is 0 Å². The van der Waals surface area contributed by atoms with E-state index in [0.717, 1.165) is 0 Å². The lowest BCUT2D eigenvalue weighted by Gasteiger charge is -2.22. The van der Waals surface area contributed by atoms with E-state index in [0.29, 0.717) is 0 Å². The van der Waals surface area contributed by atoms with Crippen LogP contribution in [0.25, 0.3) is 0 Å². The van der Waals surface area contributed by atoms with Crippen LogP contribution in [0.2, 0.25) is 0 Å². The normalized spacial score (nSPS) is 11.6. The third-order valence-corrected chi connectivity index (χ3v) is 5.98. The SMILES string of the molecule is CCCCCCCCCCCCN(CCCCCCC)CCCCCCC. The van der Waals surface area contributed by atoms with E-state index in [1.165, 1.54) is 148 Å².